The molecule has 0 fully saturated rings. The molecule has 0 bridgehead atoms. The van der Waals surface area contributed by atoms with E-state index in [0.29, 0.717) is 31.8 Å². The predicted molar refractivity (Wildman–Crippen MR) is 111 cm³/mol. The number of hydrogen-bond acceptors (Lipinski definition) is 3. The van der Waals surface area contributed by atoms with E-state index >= 15 is 0 Å². The summed E-state index contributed by atoms with van der Waals surface area (Å²) in [4.78, 5) is 0. The fraction of sp³-hybridized carbons (Fsp3) is 0.500. The summed E-state index contributed by atoms with van der Waals surface area (Å²) in [5.74, 6) is 0.496. The van der Waals surface area contributed by atoms with Gasteiger partial charge in [0.1, 0.15) is 0 Å². The van der Waals surface area contributed by atoms with Crippen LogP contribution in [0.5, 0.6) is 0 Å². The standard InChI is InChI=1S/C24H33NO2/c1-2-6-23(17-25)21-9-10-22-16-24(12-11-20(22)15-21)27-14-13-26-18-19-7-4-3-5-8-19/h3-5,7-10,15,23-24H,2,6,11-14,16-18,25H2,1H3/t23?,24-/m0/s1. The lowest BCUT2D eigenvalue weighted by molar-refractivity contribution is -0.00459. The predicted octanol–water partition coefficient (Wildman–Crippen LogP) is 4.62. The van der Waals surface area contributed by atoms with Crippen LogP contribution in [0.3, 0.4) is 0 Å². The molecule has 2 atom stereocenters. The maximum atomic E-state index is 6.07. The van der Waals surface area contributed by atoms with Gasteiger partial charge in [-0.05, 0) is 60.4 Å². The minimum atomic E-state index is 0.310. The van der Waals surface area contributed by atoms with E-state index in [1.807, 2.05) is 18.2 Å². The van der Waals surface area contributed by atoms with Crippen LogP contribution in [0.1, 0.15) is 54.4 Å². The molecule has 0 aliphatic heterocycles. The lowest BCUT2D eigenvalue weighted by Crippen LogP contribution is -2.24. The third-order valence-electron chi connectivity index (χ3n) is 5.50. The molecule has 27 heavy (non-hydrogen) atoms. The van der Waals surface area contributed by atoms with Crippen LogP contribution in [0.4, 0.5) is 0 Å². The molecule has 3 nitrogen and oxygen atoms in total. The average molecular weight is 368 g/mol. The summed E-state index contributed by atoms with van der Waals surface area (Å²) in [5.41, 5.74) is 11.5. The second-order valence-electron chi connectivity index (χ2n) is 7.52. The summed E-state index contributed by atoms with van der Waals surface area (Å²) in [7, 11) is 0. The van der Waals surface area contributed by atoms with Crippen LogP contribution >= 0.6 is 0 Å². The van der Waals surface area contributed by atoms with Crippen LogP contribution in [0, 0.1) is 0 Å². The number of rotatable bonds is 10. The van der Waals surface area contributed by atoms with Crippen molar-refractivity contribution in [1.82, 2.24) is 0 Å². The van der Waals surface area contributed by atoms with E-state index < -0.39 is 0 Å². The van der Waals surface area contributed by atoms with Gasteiger partial charge in [0.15, 0.2) is 0 Å². The first-order valence-corrected chi connectivity index (χ1v) is 10.3. The van der Waals surface area contributed by atoms with E-state index in [9.17, 15) is 0 Å². The van der Waals surface area contributed by atoms with Gasteiger partial charge in [-0.3, -0.25) is 0 Å². The SMILES string of the molecule is CCCC(CN)c1ccc2c(c1)CC[C@H](OCCOCc1ccccc1)C2. The molecular weight excluding hydrogens is 334 g/mol. The smallest absolute Gasteiger partial charge is 0.0718 e. The van der Waals surface area contributed by atoms with Crippen LogP contribution in [0.2, 0.25) is 0 Å². The van der Waals surface area contributed by atoms with Crippen molar-refractivity contribution < 1.29 is 9.47 Å². The van der Waals surface area contributed by atoms with E-state index in [1.54, 1.807) is 0 Å². The van der Waals surface area contributed by atoms with E-state index in [4.69, 9.17) is 15.2 Å². The second kappa shape index (κ2) is 10.6. The lowest BCUT2D eigenvalue weighted by atomic mass is 9.85. The summed E-state index contributed by atoms with van der Waals surface area (Å²) in [6.45, 7) is 4.93. The molecule has 0 amide bonds. The largest absolute Gasteiger partial charge is 0.375 e. The summed E-state index contributed by atoms with van der Waals surface area (Å²) < 4.78 is 11.8. The Morgan fingerprint density at radius 3 is 2.70 bits per heavy atom. The minimum absolute atomic E-state index is 0.310. The van der Waals surface area contributed by atoms with Gasteiger partial charge < -0.3 is 15.2 Å². The zero-order chi connectivity index (χ0) is 18.9. The van der Waals surface area contributed by atoms with Crippen molar-refractivity contribution >= 4 is 0 Å². The molecule has 2 aromatic carbocycles. The van der Waals surface area contributed by atoms with Gasteiger partial charge in [-0.15, -0.1) is 0 Å². The van der Waals surface area contributed by atoms with Crippen LogP contribution in [0.25, 0.3) is 0 Å². The Labute approximate surface area is 163 Å². The van der Waals surface area contributed by atoms with Crippen molar-refractivity contribution in [1.29, 1.82) is 0 Å². The maximum Gasteiger partial charge on any atom is 0.0718 e. The van der Waals surface area contributed by atoms with Gasteiger partial charge >= 0.3 is 0 Å². The summed E-state index contributed by atoms with van der Waals surface area (Å²) in [6, 6.07) is 17.2. The third-order valence-corrected chi connectivity index (χ3v) is 5.50. The Balaban J connectivity index is 1.43. The van der Waals surface area contributed by atoms with E-state index in [0.717, 1.165) is 25.8 Å². The van der Waals surface area contributed by atoms with E-state index in [1.165, 1.54) is 35.1 Å². The van der Waals surface area contributed by atoms with Crippen molar-refractivity contribution in [3.63, 3.8) is 0 Å². The number of ether oxygens (including phenoxy) is 2. The Morgan fingerprint density at radius 2 is 1.93 bits per heavy atom. The minimum Gasteiger partial charge on any atom is -0.375 e. The summed E-state index contributed by atoms with van der Waals surface area (Å²) in [5, 5.41) is 0. The molecule has 0 radical (unpaired) electrons. The molecule has 0 saturated carbocycles. The van der Waals surface area contributed by atoms with Crippen LogP contribution in [0.15, 0.2) is 48.5 Å². The molecular formula is C24H33NO2. The molecule has 2 aromatic rings. The Bertz CT molecular complexity index is 686. The zero-order valence-corrected chi connectivity index (χ0v) is 16.5. The van der Waals surface area contributed by atoms with E-state index in [2.05, 4.69) is 37.3 Å². The molecule has 0 saturated heterocycles. The highest BCUT2D eigenvalue weighted by molar-refractivity contribution is 5.36. The molecule has 0 spiro atoms. The monoisotopic (exact) mass is 367 g/mol. The fourth-order valence-corrected chi connectivity index (χ4v) is 3.94. The van der Waals surface area contributed by atoms with Gasteiger partial charge in [0.2, 0.25) is 0 Å². The first-order valence-electron chi connectivity index (χ1n) is 10.3. The van der Waals surface area contributed by atoms with Crippen molar-refractivity contribution in [2.24, 2.45) is 5.73 Å². The van der Waals surface area contributed by atoms with Gasteiger partial charge in [0, 0.05) is 0 Å². The van der Waals surface area contributed by atoms with Crippen molar-refractivity contribution in [2.75, 3.05) is 19.8 Å². The third kappa shape index (κ3) is 5.90. The molecule has 3 heteroatoms. The number of hydrogen-bond donors (Lipinski definition) is 1. The zero-order valence-electron chi connectivity index (χ0n) is 16.5. The molecule has 3 rings (SSSR count). The topological polar surface area (TPSA) is 44.5 Å². The Morgan fingerprint density at radius 1 is 1.07 bits per heavy atom. The molecule has 146 valence electrons. The fourth-order valence-electron chi connectivity index (χ4n) is 3.94. The van der Waals surface area contributed by atoms with E-state index in [-0.39, 0.29) is 0 Å². The molecule has 2 N–H and O–H groups in total. The van der Waals surface area contributed by atoms with Gasteiger partial charge in [-0.25, -0.2) is 0 Å². The Kier molecular flexibility index (Phi) is 7.88. The first-order chi connectivity index (χ1) is 13.3. The van der Waals surface area contributed by atoms with Gasteiger partial charge in [0.25, 0.3) is 0 Å². The highest BCUT2D eigenvalue weighted by Crippen LogP contribution is 2.28. The number of aryl methyl sites for hydroxylation is 1. The summed E-state index contributed by atoms with van der Waals surface area (Å²) >= 11 is 0. The molecule has 1 aliphatic rings. The number of nitrogens with two attached hydrogens (primary N) is 1. The lowest BCUT2D eigenvalue weighted by Gasteiger charge is -2.26. The Hall–Kier alpha value is -1.68. The highest BCUT2D eigenvalue weighted by atomic mass is 16.5. The second-order valence-corrected chi connectivity index (χ2v) is 7.52. The van der Waals surface area contributed by atoms with Crippen LogP contribution < -0.4 is 5.73 Å². The van der Waals surface area contributed by atoms with Gasteiger partial charge in [-0.2, -0.15) is 0 Å². The molecule has 0 heterocycles. The van der Waals surface area contributed by atoms with Crippen LogP contribution in [-0.2, 0) is 28.9 Å². The summed E-state index contributed by atoms with van der Waals surface area (Å²) in [6.07, 6.45) is 5.86. The maximum absolute atomic E-state index is 6.07. The van der Waals surface area contributed by atoms with Crippen molar-refractivity contribution in [3.8, 4) is 0 Å². The van der Waals surface area contributed by atoms with Gasteiger partial charge in [0.05, 0.1) is 25.9 Å². The van der Waals surface area contributed by atoms with Gasteiger partial charge in [-0.1, -0.05) is 61.9 Å². The van der Waals surface area contributed by atoms with Crippen molar-refractivity contribution in [3.05, 3.63) is 70.8 Å². The van der Waals surface area contributed by atoms with Crippen LogP contribution in [-0.4, -0.2) is 25.9 Å². The molecule has 1 unspecified atom stereocenters. The average Bonchev–Trinajstić information content (AvgIpc) is 2.72. The van der Waals surface area contributed by atoms with Crippen molar-refractivity contribution in [2.45, 2.75) is 57.7 Å². The number of fused-ring (bicyclic) bond motifs is 1. The molecule has 1 aliphatic carbocycles. The normalized spacial score (nSPS) is 17.5. The highest BCUT2D eigenvalue weighted by Gasteiger charge is 2.20. The number of benzene rings is 2. The first kappa shape index (κ1) is 20.1. The quantitative estimate of drug-likeness (QED) is 0.623. The molecule has 0 aromatic heterocycles.